The average Bonchev–Trinajstić information content (AvgIpc) is 2.53. The summed E-state index contributed by atoms with van der Waals surface area (Å²) >= 11 is 0. The Kier molecular flexibility index (Phi) is 5.65. The van der Waals surface area contributed by atoms with Crippen LogP contribution in [0.15, 0.2) is 48.5 Å². The first kappa shape index (κ1) is 15.7. The Bertz CT molecular complexity index is 629. The number of nitrogens with two attached hydrogens (primary N) is 1. The number of carbonyl (C=O) groups excluding carboxylic acids is 1. The predicted molar refractivity (Wildman–Crippen MR) is 87.2 cm³/mol. The lowest BCUT2D eigenvalue weighted by molar-refractivity contribution is -0.116. The molecule has 116 valence electrons. The smallest absolute Gasteiger partial charge is 0.224 e. The minimum absolute atomic E-state index is 0.0749. The van der Waals surface area contributed by atoms with Crippen molar-refractivity contribution in [2.24, 2.45) is 0 Å². The fourth-order valence-corrected chi connectivity index (χ4v) is 1.99. The van der Waals surface area contributed by atoms with Crippen molar-refractivity contribution in [3.05, 3.63) is 48.5 Å². The number of amides is 1. The van der Waals surface area contributed by atoms with Crippen LogP contribution in [0.25, 0.3) is 0 Å². The Morgan fingerprint density at radius 2 is 1.77 bits per heavy atom. The molecule has 0 fully saturated rings. The number of methoxy groups -OCH3 is 1. The van der Waals surface area contributed by atoms with E-state index in [4.69, 9.17) is 15.2 Å². The summed E-state index contributed by atoms with van der Waals surface area (Å²) in [5.41, 5.74) is 7.05. The molecule has 0 spiro atoms. The molecule has 0 heterocycles. The largest absolute Gasteiger partial charge is 0.495 e. The summed E-state index contributed by atoms with van der Waals surface area (Å²) in [4.78, 5) is 11.9. The van der Waals surface area contributed by atoms with E-state index in [1.165, 1.54) is 0 Å². The lowest BCUT2D eigenvalue weighted by Crippen LogP contribution is -2.13. The van der Waals surface area contributed by atoms with Crippen LogP contribution in [0.2, 0.25) is 0 Å². The molecule has 0 aliphatic rings. The van der Waals surface area contributed by atoms with Crippen molar-refractivity contribution in [2.45, 2.75) is 12.8 Å². The Morgan fingerprint density at radius 3 is 2.50 bits per heavy atom. The SMILES string of the molecule is COc1ccccc1NC(=O)CCCOc1ccccc1N. The van der Waals surface area contributed by atoms with Crippen LogP contribution in [-0.4, -0.2) is 19.6 Å². The number of para-hydroxylation sites is 4. The number of hydrogen-bond donors (Lipinski definition) is 2. The summed E-state index contributed by atoms with van der Waals surface area (Å²) in [5.74, 6) is 1.21. The van der Waals surface area contributed by atoms with Gasteiger partial charge in [0.05, 0.1) is 25.1 Å². The zero-order chi connectivity index (χ0) is 15.8. The monoisotopic (exact) mass is 300 g/mol. The summed E-state index contributed by atoms with van der Waals surface area (Å²) < 4.78 is 10.7. The minimum Gasteiger partial charge on any atom is -0.495 e. The standard InChI is InChI=1S/C17H20N2O3/c1-21-16-10-5-3-8-14(16)19-17(20)11-6-12-22-15-9-4-2-7-13(15)18/h2-5,7-10H,6,11-12,18H2,1H3,(H,19,20). The number of anilines is 2. The van der Waals surface area contributed by atoms with Crippen molar-refractivity contribution in [3.8, 4) is 11.5 Å². The zero-order valence-corrected chi connectivity index (χ0v) is 12.5. The molecule has 5 nitrogen and oxygen atoms in total. The summed E-state index contributed by atoms with van der Waals surface area (Å²) in [6, 6.07) is 14.6. The van der Waals surface area contributed by atoms with Crippen molar-refractivity contribution in [3.63, 3.8) is 0 Å². The van der Waals surface area contributed by atoms with E-state index in [0.717, 1.165) is 0 Å². The van der Waals surface area contributed by atoms with Crippen LogP contribution in [0.3, 0.4) is 0 Å². The van der Waals surface area contributed by atoms with Crippen LogP contribution in [0.1, 0.15) is 12.8 Å². The third kappa shape index (κ3) is 4.41. The molecule has 0 bridgehead atoms. The predicted octanol–water partition coefficient (Wildman–Crippen LogP) is 3.08. The van der Waals surface area contributed by atoms with E-state index in [1.54, 1.807) is 25.3 Å². The van der Waals surface area contributed by atoms with Crippen LogP contribution >= 0.6 is 0 Å². The van der Waals surface area contributed by atoms with E-state index < -0.39 is 0 Å². The van der Waals surface area contributed by atoms with Gasteiger partial charge in [0.1, 0.15) is 11.5 Å². The molecule has 2 aromatic carbocycles. The molecule has 0 atom stereocenters. The number of ether oxygens (including phenoxy) is 2. The van der Waals surface area contributed by atoms with Gasteiger partial charge in [0.2, 0.25) is 5.91 Å². The van der Waals surface area contributed by atoms with Crippen molar-refractivity contribution >= 4 is 17.3 Å². The first-order chi connectivity index (χ1) is 10.7. The van der Waals surface area contributed by atoms with Crippen molar-refractivity contribution in [1.29, 1.82) is 0 Å². The summed E-state index contributed by atoms with van der Waals surface area (Å²) in [6.45, 7) is 0.438. The molecular weight excluding hydrogens is 280 g/mol. The van der Waals surface area contributed by atoms with Gasteiger partial charge in [0.15, 0.2) is 0 Å². The fraction of sp³-hybridized carbons (Fsp3) is 0.235. The molecule has 0 saturated heterocycles. The van der Waals surface area contributed by atoms with Crippen molar-refractivity contribution in [2.75, 3.05) is 24.8 Å². The minimum atomic E-state index is -0.0749. The van der Waals surface area contributed by atoms with Crippen molar-refractivity contribution < 1.29 is 14.3 Å². The summed E-state index contributed by atoms with van der Waals surface area (Å²) in [5, 5.41) is 2.83. The van der Waals surface area contributed by atoms with Gasteiger partial charge in [-0.3, -0.25) is 4.79 Å². The van der Waals surface area contributed by atoms with E-state index in [1.807, 2.05) is 30.3 Å². The highest BCUT2D eigenvalue weighted by atomic mass is 16.5. The molecule has 5 heteroatoms. The van der Waals surface area contributed by atoms with Gasteiger partial charge in [-0.25, -0.2) is 0 Å². The van der Waals surface area contributed by atoms with E-state index in [-0.39, 0.29) is 5.91 Å². The Hall–Kier alpha value is -2.69. The van der Waals surface area contributed by atoms with Gasteiger partial charge < -0.3 is 20.5 Å². The Balaban J connectivity index is 1.75. The Labute approximate surface area is 130 Å². The van der Waals surface area contributed by atoms with Crippen molar-refractivity contribution in [1.82, 2.24) is 0 Å². The third-order valence-electron chi connectivity index (χ3n) is 3.11. The Morgan fingerprint density at radius 1 is 1.09 bits per heavy atom. The van der Waals surface area contributed by atoms with Gasteiger partial charge in [0, 0.05) is 6.42 Å². The number of nitrogens with one attached hydrogen (secondary N) is 1. The summed E-state index contributed by atoms with van der Waals surface area (Å²) in [7, 11) is 1.57. The molecule has 1 amide bonds. The highest BCUT2D eigenvalue weighted by Crippen LogP contribution is 2.23. The quantitative estimate of drug-likeness (QED) is 0.609. The van der Waals surface area contributed by atoms with Crippen LogP contribution in [-0.2, 0) is 4.79 Å². The number of carbonyl (C=O) groups is 1. The van der Waals surface area contributed by atoms with Crippen LogP contribution in [0, 0.1) is 0 Å². The maximum Gasteiger partial charge on any atom is 0.224 e. The molecule has 0 aromatic heterocycles. The highest BCUT2D eigenvalue weighted by molar-refractivity contribution is 5.92. The van der Waals surface area contributed by atoms with Gasteiger partial charge in [-0.05, 0) is 30.7 Å². The fourth-order valence-electron chi connectivity index (χ4n) is 1.99. The summed E-state index contributed by atoms with van der Waals surface area (Å²) in [6.07, 6.45) is 0.972. The van der Waals surface area contributed by atoms with Gasteiger partial charge in [0.25, 0.3) is 0 Å². The molecule has 0 aliphatic heterocycles. The maximum absolute atomic E-state index is 11.9. The van der Waals surface area contributed by atoms with Crippen LogP contribution in [0.4, 0.5) is 11.4 Å². The van der Waals surface area contributed by atoms with Gasteiger partial charge in [-0.2, -0.15) is 0 Å². The number of nitrogen functional groups attached to an aromatic ring is 1. The van der Waals surface area contributed by atoms with Gasteiger partial charge >= 0.3 is 0 Å². The second-order valence-electron chi connectivity index (χ2n) is 4.74. The van der Waals surface area contributed by atoms with E-state index in [2.05, 4.69) is 5.32 Å². The second kappa shape index (κ2) is 7.93. The molecule has 0 radical (unpaired) electrons. The average molecular weight is 300 g/mol. The molecule has 22 heavy (non-hydrogen) atoms. The molecule has 3 N–H and O–H groups in total. The third-order valence-corrected chi connectivity index (χ3v) is 3.11. The molecular formula is C17H20N2O3. The first-order valence-electron chi connectivity index (χ1n) is 7.11. The number of rotatable bonds is 7. The van der Waals surface area contributed by atoms with Crippen LogP contribution in [0.5, 0.6) is 11.5 Å². The molecule has 0 aliphatic carbocycles. The van der Waals surface area contributed by atoms with Gasteiger partial charge in [-0.15, -0.1) is 0 Å². The first-order valence-corrected chi connectivity index (χ1v) is 7.11. The van der Waals surface area contributed by atoms with E-state index in [9.17, 15) is 4.79 Å². The lowest BCUT2D eigenvalue weighted by atomic mass is 10.2. The molecule has 2 aromatic rings. The van der Waals surface area contributed by atoms with E-state index in [0.29, 0.717) is 42.3 Å². The van der Waals surface area contributed by atoms with Crippen LogP contribution < -0.4 is 20.5 Å². The lowest BCUT2D eigenvalue weighted by Gasteiger charge is -2.10. The normalized spacial score (nSPS) is 10.0. The zero-order valence-electron chi connectivity index (χ0n) is 12.5. The van der Waals surface area contributed by atoms with Gasteiger partial charge in [-0.1, -0.05) is 24.3 Å². The maximum atomic E-state index is 11.9. The number of hydrogen-bond acceptors (Lipinski definition) is 4. The number of benzene rings is 2. The topological polar surface area (TPSA) is 73.6 Å². The molecule has 0 unspecified atom stereocenters. The van der Waals surface area contributed by atoms with E-state index >= 15 is 0 Å². The second-order valence-corrected chi connectivity index (χ2v) is 4.74. The highest BCUT2D eigenvalue weighted by Gasteiger charge is 2.07. The molecule has 2 rings (SSSR count). The molecule has 0 saturated carbocycles.